The van der Waals surface area contributed by atoms with E-state index in [1.165, 1.54) is 4.57 Å². The van der Waals surface area contributed by atoms with Gasteiger partial charge in [-0.25, -0.2) is 0 Å². The van der Waals surface area contributed by atoms with E-state index in [0.29, 0.717) is 35.6 Å². The summed E-state index contributed by atoms with van der Waals surface area (Å²) in [5.41, 5.74) is 7.42. The van der Waals surface area contributed by atoms with E-state index in [1.54, 1.807) is 19.2 Å². The fourth-order valence-corrected chi connectivity index (χ4v) is 4.71. The number of carbonyl (C=O) groups is 1. The Morgan fingerprint density at radius 2 is 1.88 bits per heavy atom. The second-order valence-electron chi connectivity index (χ2n) is 8.19. The summed E-state index contributed by atoms with van der Waals surface area (Å²) < 4.78 is 7.42. The van der Waals surface area contributed by atoms with Crippen molar-refractivity contribution in [3.63, 3.8) is 0 Å². The molecule has 1 saturated heterocycles. The van der Waals surface area contributed by atoms with Gasteiger partial charge < -0.3 is 19.6 Å². The van der Waals surface area contributed by atoms with E-state index in [4.69, 9.17) is 21.8 Å². The number of amides is 1. The highest BCUT2D eigenvalue weighted by molar-refractivity contribution is 6.30. The van der Waals surface area contributed by atoms with Crippen LogP contribution in [-0.2, 0) is 7.05 Å². The van der Waals surface area contributed by atoms with Gasteiger partial charge in [0.05, 0.1) is 11.2 Å². The fraction of sp³-hybridized carbons (Fsp3) is 0.250. The molecule has 0 unspecified atom stereocenters. The van der Waals surface area contributed by atoms with Gasteiger partial charge in [0, 0.05) is 42.0 Å². The zero-order valence-electron chi connectivity index (χ0n) is 18.0. The molecule has 0 aliphatic carbocycles. The number of nitrogens with zero attached hydrogens (tertiary/aromatic N) is 4. The van der Waals surface area contributed by atoms with E-state index in [2.05, 4.69) is 15.1 Å². The average Bonchev–Trinajstić information content (AvgIpc) is 3.32. The zero-order chi connectivity index (χ0) is 23.1. The molecule has 9 heteroatoms. The highest BCUT2D eigenvalue weighted by Crippen LogP contribution is 2.35. The number of primary amides is 1. The van der Waals surface area contributed by atoms with Crippen LogP contribution in [0.2, 0.25) is 5.02 Å². The lowest BCUT2D eigenvalue weighted by atomic mass is 9.95. The van der Waals surface area contributed by atoms with Gasteiger partial charge in [0.1, 0.15) is 5.56 Å². The van der Waals surface area contributed by atoms with Crippen LogP contribution in [-0.4, -0.2) is 33.8 Å². The molecule has 2 aromatic carbocycles. The molecule has 3 heterocycles. The van der Waals surface area contributed by atoms with Crippen LogP contribution in [0.25, 0.3) is 22.4 Å². The Bertz CT molecular complexity index is 1420. The van der Waals surface area contributed by atoms with Gasteiger partial charge in [-0.3, -0.25) is 9.59 Å². The number of benzene rings is 2. The number of para-hydroxylation sites is 1. The first-order chi connectivity index (χ1) is 15.9. The van der Waals surface area contributed by atoms with Crippen LogP contribution in [0.15, 0.2) is 57.7 Å². The van der Waals surface area contributed by atoms with E-state index >= 15 is 0 Å². The van der Waals surface area contributed by atoms with Crippen LogP contribution in [0.1, 0.15) is 35.0 Å². The summed E-state index contributed by atoms with van der Waals surface area (Å²) >= 11 is 6.07. The number of pyridine rings is 1. The quantitative estimate of drug-likeness (QED) is 0.494. The molecule has 33 heavy (non-hydrogen) atoms. The molecule has 5 rings (SSSR count). The highest BCUT2D eigenvalue weighted by atomic mass is 35.5. The largest absolute Gasteiger partial charge is 0.420 e. The van der Waals surface area contributed by atoms with Crippen LogP contribution < -0.4 is 16.2 Å². The number of aromatic nitrogens is 3. The van der Waals surface area contributed by atoms with Crippen molar-refractivity contribution in [1.82, 2.24) is 14.8 Å². The maximum atomic E-state index is 12.9. The number of anilines is 1. The molecule has 0 saturated carbocycles. The highest BCUT2D eigenvalue weighted by Gasteiger charge is 2.30. The number of hydrogen-bond acceptors (Lipinski definition) is 6. The van der Waals surface area contributed by atoms with Crippen LogP contribution in [0.4, 0.5) is 5.69 Å². The van der Waals surface area contributed by atoms with Crippen molar-refractivity contribution in [1.29, 1.82) is 0 Å². The topological polar surface area (TPSA) is 107 Å². The molecule has 168 valence electrons. The van der Waals surface area contributed by atoms with Crippen molar-refractivity contribution in [3.8, 4) is 11.5 Å². The Morgan fingerprint density at radius 1 is 1.12 bits per heavy atom. The molecule has 4 aromatic rings. The van der Waals surface area contributed by atoms with Crippen molar-refractivity contribution in [2.45, 2.75) is 18.8 Å². The number of aryl methyl sites for hydroxylation is 1. The van der Waals surface area contributed by atoms with Crippen LogP contribution >= 0.6 is 11.6 Å². The predicted molar refractivity (Wildman–Crippen MR) is 127 cm³/mol. The molecule has 1 amide bonds. The summed E-state index contributed by atoms with van der Waals surface area (Å²) in [5, 5.41) is 9.88. The van der Waals surface area contributed by atoms with E-state index in [9.17, 15) is 9.59 Å². The van der Waals surface area contributed by atoms with Gasteiger partial charge in [-0.05, 0) is 37.1 Å². The Labute approximate surface area is 194 Å². The number of hydrogen-bond donors (Lipinski definition) is 1. The van der Waals surface area contributed by atoms with Crippen molar-refractivity contribution >= 4 is 34.1 Å². The number of fused-ring (bicyclic) bond motifs is 1. The van der Waals surface area contributed by atoms with Gasteiger partial charge in [0.2, 0.25) is 11.8 Å². The molecule has 2 N–H and O–H groups in total. The van der Waals surface area contributed by atoms with Crippen molar-refractivity contribution in [2.24, 2.45) is 12.8 Å². The molecule has 0 atom stereocenters. The molecule has 1 aliphatic heterocycles. The van der Waals surface area contributed by atoms with Gasteiger partial charge >= 0.3 is 0 Å². The Hall–Kier alpha value is -3.65. The molecular formula is C24H22ClN5O3. The number of rotatable bonds is 4. The second-order valence-corrected chi connectivity index (χ2v) is 8.62. The van der Waals surface area contributed by atoms with E-state index < -0.39 is 5.91 Å². The first-order valence-electron chi connectivity index (χ1n) is 10.7. The van der Waals surface area contributed by atoms with Crippen LogP contribution in [0.5, 0.6) is 0 Å². The Kier molecular flexibility index (Phi) is 5.38. The number of piperidine rings is 1. The molecule has 2 aromatic heterocycles. The third kappa shape index (κ3) is 3.76. The summed E-state index contributed by atoms with van der Waals surface area (Å²) in [4.78, 5) is 27.3. The molecule has 8 nitrogen and oxygen atoms in total. The minimum Gasteiger partial charge on any atom is -0.420 e. The SMILES string of the molecule is Cn1c(=O)c(C(N)=O)c(N2CCC(c3nnc(-c4cccc(Cl)c4)o3)CC2)c2ccccc21. The smallest absolute Gasteiger partial charge is 0.265 e. The van der Waals surface area contributed by atoms with Gasteiger partial charge in [-0.1, -0.05) is 35.9 Å². The van der Waals surface area contributed by atoms with Gasteiger partial charge in [-0.15, -0.1) is 10.2 Å². The van der Waals surface area contributed by atoms with Gasteiger partial charge in [0.25, 0.3) is 11.5 Å². The first-order valence-corrected chi connectivity index (χ1v) is 11.1. The van der Waals surface area contributed by atoms with E-state index in [-0.39, 0.29) is 17.0 Å². The zero-order valence-corrected chi connectivity index (χ0v) is 18.7. The average molecular weight is 464 g/mol. The molecular weight excluding hydrogens is 442 g/mol. The standard InChI is InChI=1S/C24H22ClN5O3/c1-29-18-8-3-2-7-17(18)20(19(21(26)31)24(29)32)30-11-9-14(10-12-30)22-27-28-23(33-22)15-5-4-6-16(25)13-15/h2-8,13-14H,9-12H2,1H3,(H2,26,31). The minimum absolute atomic E-state index is 0.0238. The van der Waals surface area contributed by atoms with Gasteiger partial charge in [-0.2, -0.15) is 0 Å². The third-order valence-electron chi connectivity index (χ3n) is 6.19. The summed E-state index contributed by atoms with van der Waals surface area (Å²) in [6.45, 7) is 1.24. The normalized spacial score (nSPS) is 14.7. The van der Waals surface area contributed by atoms with Crippen molar-refractivity contribution < 1.29 is 9.21 Å². The summed E-state index contributed by atoms with van der Waals surface area (Å²) in [5.74, 6) is 0.371. The Balaban J connectivity index is 1.44. The number of nitrogens with two attached hydrogens (primary N) is 1. The molecule has 1 aliphatic rings. The first kappa shape index (κ1) is 21.2. The summed E-state index contributed by atoms with van der Waals surface area (Å²) in [6, 6.07) is 14.8. The number of carbonyl (C=O) groups excluding carboxylic acids is 1. The predicted octanol–water partition coefficient (Wildman–Crippen LogP) is 3.72. The third-order valence-corrected chi connectivity index (χ3v) is 6.43. The summed E-state index contributed by atoms with van der Waals surface area (Å²) in [7, 11) is 1.65. The van der Waals surface area contributed by atoms with Crippen LogP contribution in [0, 0.1) is 0 Å². The monoisotopic (exact) mass is 463 g/mol. The van der Waals surface area contributed by atoms with Crippen LogP contribution in [0.3, 0.4) is 0 Å². The molecule has 0 spiro atoms. The molecule has 1 fully saturated rings. The lowest BCUT2D eigenvalue weighted by Gasteiger charge is -2.34. The van der Waals surface area contributed by atoms with Crippen molar-refractivity contribution in [3.05, 3.63) is 75.4 Å². The molecule has 0 bridgehead atoms. The van der Waals surface area contributed by atoms with E-state index in [1.807, 2.05) is 36.4 Å². The van der Waals surface area contributed by atoms with Crippen molar-refractivity contribution in [2.75, 3.05) is 18.0 Å². The fourth-order valence-electron chi connectivity index (χ4n) is 4.52. The molecule has 0 radical (unpaired) electrons. The summed E-state index contributed by atoms with van der Waals surface area (Å²) in [6.07, 6.45) is 1.47. The van der Waals surface area contributed by atoms with Gasteiger partial charge in [0.15, 0.2) is 0 Å². The number of halogens is 1. The maximum absolute atomic E-state index is 12.9. The second kappa shape index (κ2) is 8.37. The lowest BCUT2D eigenvalue weighted by Crippen LogP contribution is -2.38. The lowest BCUT2D eigenvalue weighted by molar-refractivity contribution is 0.0999. The minimum atomic E-state index is -0.721. The maximum Gasteiger partial charge on any atom is 0.265 e. The Morgan fingerprint density at radius 3 is 2.61 bits per heavy atom. The van der Waals surface area contributed by atoms with E-state index in [0.717, 1.165) is 29.3 Å².